The van der Waals surface area contributed by atoms with Crippen molar-refractivity contribution in [3.8, 4) is 0 Å². The Morgan fingerprint density at radius 1 is 0.929 bits per heavy atom. The van der Waals surface area contributed by atoms with Gasteiger partial charge in [0.2, 0.25) is 0 Å². The molecule has 11 heteroatoms. The van der Waals surface area contributed by atoms with E-state index in [0.717, 1.165) is 86.5 Å². The van der Waals surface area contributed by atoms with Gasteiger partial charge in [-0.25, -0.2) is 0 Å². The van der Waals surface area contributed by atoms with Gasteiger partial charge in [0.05, 0.1) is 27.7 Å². The molecule has 1 unspecified atom stereocenters. The van der Waals surface area contributed by atoms with E-state index in [9.17, 15) is 9.46 Å². The summed E-state index contributed by atoms with van der Waals surface area (Å²) in [4.78, 5) is 11.8. The fourth-order valence-corrected chi connectivity index (χ4v) is 7.17. The van der Waals surface area contributed by atoms with Crippen molar-refractivity contribution in [2.45, 2.75) is 105 Å². The minimum atomic E-state index is -4.21. The molecule has 0 aliphatic carbocycles. The molecule has 2 aliphatic rings. The van der Waals surface area contributed by atoms with Crippen LogP contribution in [0, 0.1) is 13.8 Å². The van der Waals surface area contributed by atoms with Crippen LogP contribution in [0.3, 0.4) is 0 Å². The molecule has 1 aromatic rings. The number of allylic oxidation sites excluding steroid dienone is 2. The van der Waals surface area contributed by atoms with Gasteiger partial charge >= 0.3 is 6.97 Å². The van der Waals surface area contributed by atoms with Gasteiger partial charge in [-0.2, -0.15) is 0 Å². The van der Waals surface area contributed by atoms with E-state index in [1.807, 2.05) is 61.8 Å². The Labute approximate surface area is 252 Å². The maximum atomic E-state index is 16.0. The average molecular weight is 612 g/mol. The third-order valence-corrected chi connectivity index (χ3v) is 9.87. The van der Waals surface area contributed by atoms with Crippen LogP contribution in [0.2, 0.25) is 0 Å². The monoisotopic (exact) mass is 611 g/mol. The molecule has 1 atom stereocenters. The molecule has 0 fully saturated rings. The fourth-order valence-electron chi connectivity index (χ4n) is 6.44. The third kappa shape index (κ3) is 8.32. The number of unbranched alkanes of at least 4 members (excludes halogenated alkanes) is 8. The van der Waals surface area contributed by atoms with Crippen LogP contribution >= 0.6 is 7.82 Å². The molecular weight excluding hydrogens is 558 g/mol. The van der Waals surface area contributed by atoms with Crippen molar-refractivity contribution in [3.63, 3.8) is 0 Å². The predicted molar refractivity (Wildman–Crippen MR) is 167 cm³/mol. The molecule has 42 heavy (non-hydrogen) atoms. The summed E-state index contributed by atoms with van der Waals surface area (Å²) in [6, 6.07) is 0. The number of phosphoric ester groups is 1. The van der Waals surface area contributed by atoms with Gasteiger partial charge in [-0.15, -0.1) is 0 Å². The molecule has 0 bridgehead atoms. The average Bonchev–Trinajstić information content (AvgIpc) is 3.28. The van der Waals surface area contributed by atoms with E-state index >= 15 is 8.63 Å². The topological polar surface area (TPSA) is 66.5 Å². The molecule has 0 aromatic carbocycles. The van der Waals surface area contributed by atoms with Crippen LogP contribution in [0.25, 0.3) is 6.08 Å². The minimum absolute atomic E-state index is 0.126. The zero-order chi connectivity index (χ0) is 31.3. The van der Waals surface area contributed by atoms with Gasteiger partial charge in [0.15, 0.2) is 5.70 Å². The lowest BCUT2D eigenvalue weighted by Crippen LogP contribution is -2.50. The number of nitrogens with zero attached hydrogens (tertiary/aromatic N) is 3. The van der Waals surface area contributed by atoms with Gasteiger partial charge < -0.3 is 36.0 Å². The smallest absolute Gasteiger partial charge is 0.737 e. The van der Waals surface area contributed by atoms with Crippen molar-refractivity contribution >= 4 is 26.6 Å². The lowest BCUT2D eigenvalue weighted by Gasteiger charge is -2.30. The summed E-state index contributed by atoms with van der Waals surface area (Å²) in [5.74, 6) is 0. The number of phosphoric acid groups is 1. The van der Waals surface area contributed by atoms with Crippen molar-refractivity contribution in [3.05, 3.63) is 39.4 Å². The predicted octanol–water partition coefficient (Wildman–Crippen LogP) is 7.16. The first-order valence-electron chi connectivity index (χ1n) is 15.8. The van der Waals surface area contributed by atoms with Crippen molar-refractivity contribution in [1.29, 1.82) is 0 Å². The zero-order valence-electron chi connectivity index (χ0n) is 27.2. The number of halogens is 2. The first kappa shape index (κ1) is 34.9. The first-order valence-corrected chi connectivity index (χ1v) is 17.3. The van der Waals surface area contributed by atoms with Crippen LogP contribution in [0.5, 0.6) is 0 Å². The molecule has 0 N–H and O–H groups in total. The largest absolute Gasteiger partial charge is 0.756 e. The summed E-state index contributed by atoms with van der Waals surface area (Å²) in [6.45, 7) is 6.64. The zero-order valence-corrected chi connectivity index (χ0v) is 28.1. The summed E-state index contributed by atoms with van der Waals surface area (Å²) in [5.41, 5.74) is 6.77. The van der Waals surface area contributed by atoms with E-state index in [1.165, 1.54) is 8.96 Å². The van der Waals surface area contributed by atoms with Gasteiger partial charge in [0, 0.05) is 29.8 Å². The summed E-state index contributed by atoms with van der Waals surface area (Å²) in [6.07, 6.45) is 12.9. The SMILES string of the molecule is CCc1c(C)c2n(c1C)[B-](F)(F)[N+]1=C(C)C(CCCCCCCCCCCOP(=O)([O-])OCC[N+](C)(C)C)=C(C)C1=C2. The molecule has 3 rings (SSSR count). The van der Waals surface area contributed by atoms with Gasteiger partial charge in [-0.1, -0.05) is 51.9 Å². The van der Waals surface area contributed by atoms with Crippen molar-refractivity contribution in [2.24, 2.45) is 0 Å². The molecule has 2 aliphatic heterocycles. The van der Waals surface area contributed by atoms with Crippen molar-refractivity contribution in [2.75, 3.05) is 40.9 Å². The third-order valence-electron chi connectivity index (χ3n) is 8.87. The minimum Gasteiger partial charge on any atom is -0.756 e. The van der Waals surface area contributed by atoms with Gasteiger partial charge in [-0.05, 0) is 63.3 Å². The maximum absolute atomic E-state index is 16.0. The molecule has 0 saturated carbocycles. The molecule has 7 nitrogen and oxygen atoms in total. The molecule has 238 valence electrons. The van der Waals surface area contributed by atoms with Crippen molar-refractivity contribution < 1.29 is 36.1 Å². The van der Waals surface area contributed by atoms with Crippen LogP contribution in [0.4, 0.5) is 8.63 Å². The number of fused-ring (bicyclic) bond motifs is 2. The van der Waals surface area contributed by atoms with Gasteiger partial charge in [0.25, 0.3) is 7.82 Å². The van der Waals surface area contributed by atoms with Crippen LogP contribution in [0.15, 0.2) is 16.8 Å². The Kier molecular flexibility index (Phi) is 12.0. The van der Waals surface area contributed by atoms with Gasteiger partial charge in [-0.3, -0.25) is 4.57 Å². The van der Waals surface area contributed by atoms with E-state index in [2.05, 4.69) is 0 Å². The number of hydrogen-bond donors (Lipinski definition) is 0. The molecule has 1 aromatic heterocycles. The Morgan fingerprint density at radius 3 is 2.05 bits per heavy atom. The normalized spacial score (nSPS) is 17.9. The number of quaternary nitrogens is 1. The Bertz CT molecular complexity index is 1260. The summed E-state index contributed by atoms with van der Waals surface area (Å²) in [7, 11) is 1.72. The summed E-state index contributed by atoms with van der Waals surface area (Å²) in [5, 5.41) is 0. The standard InChI is InChI=1S/C31H53BF2N3O4P/c1-9-28-24(2)30-23-31-25(3)29(27(5)36(31)32(33,34)35(30)26(28)4)19-17-15-13-11-10-12-14-16-18-21-40-42(38,39)41-22-20-37(6,7)8/h23H,9-22H2,1-8H3. The first-order chi connectivity index (χ1) is 19.6. The molecular formula is C31H53BF2N3O4P. The Morgan fingerprint density at radius 2 is 1.48 bits per heavy atom. The second kappa shape index (κ2) is 14.5. The second-order valence-electron chi connectivity index (χ2n) is 13.0. The molecule has 0 radical (unpaired) electrons. The van der Waals surface area contributed by atoms with Crippen LogP contribution < -0.4 is 4.89 Å². The number of hydrogen-bond acceptors (Lipinski definition) is 4. The number of rotatable bonds is 18. The molecule has 0 saturated heterocycles. The quantitative estimate of drug-likeness (QED) is 0.0765. The molecule has 0 spiro atoms. The van der Waals surface area contributed by atoms with E-state index in [1.54, 1.807) is 0 Å². The van der Waals surface area contributed by atoms with Gasteiger partial charge in [0.1, 0.15) is 18.9 Å². The number of likely N-dealkylation sites (N-methyl/N-ethyl adjacent to an activating group) is 1. The number of aromatic nitrogens is 1. The highest BCUT2D eigenvalue weighted by Crippen LogP contribution is 2.41. The van der Waals surface area contributed by atoms with Crippen molar-refractivity contribution in [1.82, 2.24) is 4.48 Å². The highest BCUT2D eigenvalue weighted by Gasteiger charge is 2.54. The molecule has 0 amide bonds. The summed E-state index contributed by atoms with van der Waals surface area (Å²) < 4.78 is 56.8. The van der Waals surface area contributed by atoms with E-state index < -0.39 is 14.8 Å². The summed E-state index contributed by atoms with van der Waals surface area (Å²) >= 11 is 0. The Balaban J connectivity index is 1.34. The highest BCUT2D eigenvalue weighted by atomic mass is 31.2. The van der Waals surface area contributed by atoms with Crippen LogP contribution in [0.1, 0.15) is 107 Å². The maximum Gasteiger partial charge on any atom is 0.737 e. The highest BCUT2D eigenvalue weighted by molar-refractivity contribution is 7.45. The fraction of sp³-hybridized carbons (Fsp3) is 0.710. The van der Waals surface area contributed by atoms with Crippen LogP contribution in [-0.4, -0.2) is 67.0 Å². The van der Waals surface area contributed by atoms with E-state index in [4.69, 9.17) is 9.05 Å². The van der Waals surface area contributed by atoms with E-state index in [0.29, 0.717) is 40.2 Å². The lowest BCUT2D eigenvalue weighted by atomic mass is 9.89. The second-order valence-corrected chi connectivity index (χ2v) is 14.4. The Hall–Kier alpha value is -1.58. The van der Waals surface area contributed by atoms with E-state index in [-0.39, 0.29) is 13.2 Å². The molecule has 3 heterocycles. The van der Waals surface area contributed by atoms with Crippen LogP contribution in [-0.2, 0) is 20.0 Å². The lowest BCUT2D eigenvalue weighted by molar-refractivity contribution is -0.870.